The number of phenolic OH excluding ortho intramolecular Hbond substituents is 1. The van der Waals surface area contributed by atoms with Gasteiger partial charge in [-0.25, -0.2) is 0 Å². The zero-order chi connectivity index (χ0) is 14.3. The Bertz CT molecular complexity index is 372. The summed E-state index contributed by atoms with van der Waals surface area (Å²) in [6.07, 6.45) is -0.499. The molecule has 0 saturated carbocycles. The minimum atomic E-state index is -0.499. The molecule has 0 spiro atoms. The summed E-state index contributed by atoms with van der Waals surface area (Å²) < 4.78 is 11.0. The molecule has 0 aliphatic rings. The molecule has 1 N–H and O–H groups in total. The number of hydrogen-bond donors (Lipinski definition) is 1. The van der Waals surface area contributed by atoms with Crippen molar-refractivity contribution in [3.8, 4) is 5.75 Å². The van der Waals surface area contributed by atoms with Crippen molar-refractivity contribution in [3.63, 3.8) is 0 Å². The fourth-order valence-corrected chi connectivity index (χ4v) is 2.05. The standard InChI is InChI=1S/C15H25NO3/c1-5-16(6-2)12-9-10-13(14(17)11-12)15(18-7-3)19-8-4/h9-11,15,17H,5-8H2,1-4H3. The van der Waals surface area contributed by atoms with E-state index < -0.39 is 6.29 Å². The van der Waals surface area contributed by atoms with Crippen LogP contribution >= 0.6 is 0 Å². The molecule has 0 aliphatic heterocycles. The van der Waals surface area contributed by atoms with Crippen molar-refractivity contribution in [2.24, 2.45) is 0 Å². The van der Waals surface area contributed by atoms with Crippen LogP contribution in [0.1, 0.15) is 39.5 Å². The Morgan fingerprint density at radius 1 is 1.05 bits per heavy atom. The summed E-state index contributed by atoms with van der Waals surface area (Å²) in [4.78, 5) is 2.18. The van der Waals surface area contributed by atoms with Gasteiger partial charge in [-0.1, -0.05) is 0 Å². The summed E-state index contributed by atoms with van der Waals surface area (Å²) in [6, 6.07) is 5.64. The number of rotatable bonds is 8. The van der Waals surface area contributed by atoms with Gasteiger partial charge in [0, 0.05) is 43.6 Å². The highest BCUT2D eigenvalue weighted by Gasteiger charge is 2.16. The maximum Gasteiger partial charge on any atom is 0.187 e. The molecule has 4 heteroatoms. The van der Waals surface area contributed by atoms with Crippen LogP contribution in [0.15, 0.2) is 18.2 Å². The van der Waals surface area contributed by atoms with Crippen LogP contribution in [-0.2, 0) is 9.47 Å². The van der Waals surface area contributed by atoms with Crippen molar-refractivity contribution < 1.29 is 14.6 Å². The second-order valence-electron chi connectivity index (χ2n) is 4.16. The monoisotopic (exact) mass is 267 g/mol. The number of phenols is 1. The lowest BCUT2D eigenvalue weighted by molar-refractivity contribution is -0.141. The first-order valence-corrected chi connectivity index (χ1v) is 6.98. The van der Waals surface area contributed by atoms with Crippen molar-refractivity contribution in [2.45, 2.75) is 34.0 Å². The van der Waals surface area contributed by atoms with E-state index in [2.05, 4.69) is 18.7 Å². The summed E-state index contributed by atoms with van der Waals surface area (Å²) in [5, 5.41) is 10.2. The molecule has 0 saturated heterocycles. The lowest BCUT2D eigenvalue weighted by Crippen LogP contribution is -2.21. The fraction of sp³-hybridized carbons (Fsp3) is 0.600. The molecule has 1 aromatic carbocycles. The van der Waals surface area contributed by atoms with E-state index in [1.807, 2.05) is 26.0 Å². The van der Waals surface area contributed by atoms with Gasteiger partial charge in [0.15, 0.2) is 6.29 Å². The Morgan fingerprint density at radius 2 is 1.63 bits per heavy atom. The van der Waals surface area contributed by atoms with Crippen LogP contribution < -0.4 is 4.90 Å². The largest absolute Gasteiger partial charge is 0.507 e. The molecular formula is C15H25NO3. The topological polar surface area (TPSA) is 41.9 Å². The second kappa shape index (κ2) is 8.02. The van der Waals surface area contributed by atoms with Gasteiger partial charge in [0.25, 0.3) is 0 Å². The number of anilines is 1. The van der Waals surface area contributed by atoms with E-state index in [-0.39, 0.29) is 5.75 Å². The molecule has 4 nitrogen and oxygen atoms in total. The van der Waals surface area contributed by atoms with Crippen LogP contribution in [-0.4, -0.2) is 31.4 Å². The van der Waals surface area contributed by atoms with E-state index in [4.69, 9.17) is 9.47 Å². The number of nitrogens with zero attached hydrogens (tertiary/aromatic N) is 1. The minimum Gasteiger partial charge on any atom is -0.507 e. The molecule has 0 unspecified atom stereocenters. The van der Waals surface area contributed by atoms with Crippen molar-refractivity contribution in [3.05, 3.63) is 23.8 Å². The van der Waals surface area contributed by atoms with Gasteiger partial charge < -0.3 is 19.5 Å². The van der Waals surface area contributed by atoms with Crippen molar-refractivity contribution >= 4 is 5.69 Å². The molecule has 0 aliphatic carbocycles. The first-order chi connectivity index (χ1) is 9.17. The van der Waals surface area contributed by atoms with Gasteiger partial charge in [-0.3, -0.25) is 0 Å². The van der Waals surface area contributed by atoms with Crippen LogP contribution in [0.5, 0.6) is 5.75 Å². The second-order valence-corrected chi connectivity index (χ2v) is 4.16. The summed E-state index contributed by atoms with van der Waals surface area (Å²) in [7, 11) is 0. The van der Waals surface area contributed by atoms with Gasteiger partial charge in [-0.15, -0.1) is 0 Å². The Hall–Kier alpha value is -1.26. The van der Waals surface area contributed by atoms with E-state index in [9.17, 15) is 5.11 Å². The summed E-state index contributed by atoms with van der Waals surface area (Å²) in [5.74, 6) is 0.219. The average Bonchev–Trinajstić information content (AvgIpc) is 2.40. The molecule has 108 valence electrons. The predicted octanol–water partition coefficient (Wildman–Crippen LogP) is 3.31. The first kappa shape index (κ1) is 15.8. The molecule has 0 radical (unpaired) electrons. The van der Waals surface area contributed by atoms with Crippen LogP contribution in [0.2, 0.25) is 0 Å². The number of aromatic hydroxyl groups is 1. The molecule has 0 amide bonds. The summed E-state index contributed by atoms with van der Waals surface area (Å²) in [6.45, 7) is 10.9. The Morgan fingerprint density at radius 3 is 2.05 bits per heavy atom. The van der Waals surface area contributed by atoms with Crippen molar-refractivity contribution in [1.29, 1.82) is 0 Å². The van der Waals surface area contributed by atoms with Crippen molar-refractivity contribution in [2.75, 3.05) is 31.2 Å². The van der Waals surface area contributed by atoms with Crippen LogP contribution in [0.3, 0.4) is 0 Å². The first-order valence-electron chi connectivity index (χ1n) is 6.98. The fourth-order valence-electron chi connectivity index (χ4n) is 2.05. The molecule has 0 aromatic heterocycles. The van der Waals surface area contributed by atoms with Gasteiger partial charge in [-0.05, 0) is 39.8 Å². The predicted molar refractivity (Wildman–Crippen MR) is 77.7 cm³/mol. The Kier molecular flexibility index (Phi) is 6.67. The molecule has 1 rings (SSSR count). The van der Waals surface area contributed by atoms with Gasteiger partial charge in [0.1, 0.15) is 5.75 Å². The SMILES string of the molecule is CCOC(OCC)c1ccc(N(CC)CC)cc1O. The van der Waals surface area contributed by atoms with Crippen LogP contribution in [0.25, 0.3) is 0 Å². The van der Waals surface area contributed by atoms with Gasteiger partial charge in [-0.2, -0.15) is 0 Å². The third-order valence-electron chi connectivity index (χ3n) is 3.03. The van der Waals surface area contributed by atoms with E-state index in [1.165, 1.54) is 0 Å². The summed E-state index contributed by atoms with van der Waals surface area (Å²) in [5.41, 5.74) is 1.69. The lowest BCUT2D eigenvalue weighted by atomic mass is 10.1. The van der Waals surface area contributed by atoms with Gasteiger partial charge >= 0.3 is 0 Å². The van der Waals surface area contributed by atoms with E-state index in [1.54, 1.807) is 6.07 Å². The Balaban J connectivity index is 2.97. The van der Waals surface area contributed by atoms with E-state index in [0.717, 1.165) is 18.8 Å². The number of hydrogen-bond acceptors (Lipinski definition) is 4. The normalized spacial score (nSPS) is 11.0. The van der Waals surface area contributed by atoms with E-state index in [0.29, 0.717) is 18.8 Å². The number of benzene rings is 1. The molecular weight excluding hydrogens is 242 g/mol. The molecule has 0 bridgehead atoms. The third kappa shape index (κ3) is 4.11. The zero-order valence-corrected chi connectivity index (χ0v) is 12.3. The molecule has 0 atom stereocenters. The average molecular weight is 267 g/mol. The highest BCUT2D eigenvalue weighted by molar-refractivity contribution is 5.53. The molecule has 0 heterocycles. The molecule has 19 heavy (non-hydrogen) atoms. The number of ether oxygens (including phenoxy) is 2. The smallest absolute Gasteiger partial charge is 0.187 e. The zero-order valence-electron chi connectivity index (χ0n) is 12.3. The lowest BCUT2D eigenvalue weighted by Gasteiger charge is -2.23. The maximum absolute atomic E-state index is 10.2. The highest BCUT2D eigenvalue weighted by atomic mass is 16.7. The molecule has 0 fully saturated rings. The highest BCUT2D eigenvalue weighted by Crippen LogP contribution is 2.31. The molecule has 1 aromatic rings. The van der Waals surface area contributed by atoms with Gasteiger partial charge in [0.2, 0.25) is 0 Å². The quantitative estimate of drug-likeness (QED) is 0.734. The van der Waals surface area contributed by atoms with Crippen LogP contribution in [0, 0.1) is 0 Å². The Labute approximate surface area is 115 Å². The van der Waals surface area contributed by atoms with Crippen molar-refractivity contribution in [1.82, 2.24) is 0 Å². The van der Waals surface area contributed by atoms with E-state index >= 15 is 0 Å². The third-order valence-corrected chi connectivity index (χ3v) is 3.03. The maximum atomic E-state index is 10.2. The minimum absolute atomic E-state index is 0.219. The summed E-state index contributed by atoms with van der Waals surface area (Å²) >= 11 is 0. The van der Waals surface area contributed by atoms with Crippen LogP contribution in [0.4, 0.5) is 5.69 Å². The van der Waals surface area contributed by atoms with Gasteiger partial charge in [0.05, 0.1) is 0 Å².